The molecular formula is C18H27N3. The number of hydrogen-bond donors (Lipinski definition) is 1. The third-order valence-electron chi connectivity index (χ3n) is 4.20. The van der Waals surface area contributed by atoms with Gasteiger partial charge in [-0.1, -0.05) is 12.1 Å². The number of unbranched alkanes of at least 4 members (excludes halogenated alkanes) is 1. The van der Waals surface area contributed by atoms with Gasteiger partial charge in [-0.15, -0.1) is 0 Å². The van der Waals surface area contributed by atoms with Crippen molar-refractivity contribution in [3.8, 4) is 0 Å². The fourth-order valence-corrected chi connectivity index (χ4v) is 2.72. The van der Waals surface area contributed by atoms with Gasteiger partial charge >= 0.3 is 0 Å². The lowest BCUT2D eigenvalue weighted by molar-refractivity contribution is 0.522. The first-order valence-electron chi connectivity index (χ1n) is 7.85. The van der Waals surface area contributed by atoms with Crippen LogP contribution in [-0.4, -0.2) is 16.1 Å². The molecule has 1 unspecified atom stereocenters. The molecule has 0 aliphatic heterocycles. The zero-order valence-corrected chi connectivity index (χ0v) is 13.7. The molecule has 0 fully saturated rings. The topological polar surface area (TPSA) is 29.9 Å². The highest BCUT2D eigenvalue weighted by Gasteiger charge is 2.09. The minimum Gasteiger partial charge on any atom is -0.337 e. The van der Waals surface area contributed by atoms with Crippen LogP contribution in [0, 0.1) is 20.8 Å². The van der Waals surface area contributed by atoms with Gasteiger partial charge in [0, 0.05) is 25.0 Å². The van der Waals surface area contributed by atoms with E-state index in [0.717, 1.165) is 13.1 Å². The van der Waals surface area contributed by atoms with Gasteiger partial charge in [-0.2, -0.15) is 0 Å². The summed E-state index contributed by atoms with van der Waals surface area (Å²) in [4.78, 5) is 4.06. The molecule has 1 N–H and O–H groups in total. The Morgan fingerprint density at radius 3 is 2.57 bits per heavy atom. The van der Waals surface area contributed by atoms with Gasteiger partial charge in [0.15, 0.2) is 0 Å². The third-order valence-corrected chi connectivity index (χ3v) is 4.20. The zero-order valence-electron chi connectivity index (χ0n) is 13.7. The fraction of sp³-hybridized carbons (Fsp3) is 0.500. The Balaban J connectivity index is 1.76. The van der Waals surface area contributed by atoms with Crippen molar-refractivity contribution in [2.75, 3.05) is 6.54 Å². The van der Waals surface area contributed by atoms with Gasteiger partial charge in [0.1, 0.15) is 0 Å². The average molecular weight is 285 g/mol. The molecule has 0 aliphatic carbocycles. The Kier molecular flexibility index (Phi) is 5.57. The number of benzene rings is 1. The molecule has 1 aromatic heterocycles. The summed E-state index contributed by atoms with van der Waals surface area (Å²) >= 11 is 0. The number of rotatable bonds is 7. The molecule has 1 aromatic carbocycles. The van der Waals surface area contributed by atoms with Crippen LogP contribution < -0.4 is 5.32 Å². The molecule has 2 aromatic rings. The number of imidazole rings is 1. The molecule has 114 valence electrons. The summed E-state index contributed by atoms with van der Waals surface area (Å²) < 4.78 is 2.14. The van der Waals surface area contributed by atoms with E-state index in [4.69, 9.17) is 0 Å². The normalized spacial score (nSPS) is 12.6. The van der Waals surface area contributed by atoms with E-state index in [1.165, 1.54) is 35.1 Å². The van der Waals surface area contributed by atoms with Gasteiger partial charge in [-0.25, -0.2) is 4.98 Å². The summed E-state index contributed by atoms with van der Waals surface area (Å²) in [6, 6.07) is 5.04. The Morgan fingerprint density at radius 2 is 1.86 bits per heavy atom. The van der Waals surface area contributed by atoms with Crippen molar-refractivity contribution in [3.05, 3.63) is 53.1 Å². The van der Waals surface area contributed by atoms with Gasteiger partial charge in [-0.3, -0.25) is 0 Å². The second-order valence-corrected chi connectivity index (χ2v) is 5.98. The third kappa shape index (κ3) is 4.43. The van der Waals surface area contributed by atoms with Crippen LogP contribution >= 0.6 is 0 Å². The van der Waals surface area contributed by atoms with Crippen molar-refractivity contribution < 1.29 is 0 Å². The summed E-state index contributed by atoms with van der Waals surface area (Å²) in [5.74, 6) is 0. The van der Waals surface area contributed by atoms with Crippen LogP contribution in [0.5, 0.6) is 0 Å². The SMILES string of the molecule is Cc1cc(C)c(C(C)NCCCCn2ccnc2)cc1C. The Hall–Kier alpha value is -1.61. The minimum atomic E-state index is 0.414. The zero-order chi connectivity index (χ0) is 15.2. The standard InChI is InChI=1S/C18H27N3/c1-14-11-16(3)18(12-15(14)2)17(4)20-7-5-6-9-21-10-8-19-13-21/h8,10-13,17,20H,5-7,9H2,1-4H3. The van der Waals surface area contributed by atoms with Crippen molar-refractivity contribution in [1.82, 2.24) is 14.9 Å². The summed E-state index contributed by atoms with van der Waals surface area (Å²) in [6.45, 7) is 10.9. The predicted molar refractivity (Wildman–Crippen MR) is 88.5 cm³/mol. The maximum atomic E-state index is 4.06. The van der Waals surface area contributed by atoms with Gasteiger partial charge in [0.05, 0.1) is 6.33 Å². The van der Waals surface area contributed by atoms with Crippen molar-refractivity contribution in [1.29, 1.82) is 0 Å². The van der Waals surface area contributed by atoms with Gasteiger partial charge in [-0.05, 0) is 69.3 Å². The summed E-state index contributed by atoms with van der Waals surface area (Å²) in [5.41, 5.74) is 5.57. The van der Waals surface area contributed by atoms with Gasteiger partial charge in [0.25, 0.3) is 0 Å². The predicted octanol–water partition coefficient (Wildman–Crippen LogP) is 3.94. The molecule has 0 saturated carbocycles. The first kappa shape index (κ1) is 15.8. The molecule has 0 amide bonds. The monoisotopic (exact) mass is 285 g/mol. The van der Waals surface area contributed by atoms with Crippen LogP contribution in [0.2, 0.25) is 0 Å². The first-order chi connectivity index (χ1) is 10.1. The summed E-state index contributed by atoms with van der Waals surface area (Å²) in [6.07, 6.45) is 8.11. The highest BCUT2D eigenvalue weighted by atomic mass is 15.0. The first-order valence-corrected chi connectivity index (χ1v) is 7.85. The lowest BCUT2D eigenvalue weighted by Gasteiger charge is -2.18. The molecule has 0 saturated heterocycles. The molecular weight excluding hydrogens is 258 g/mol. The van der Waals surface area contributed by atoms with Crippen LogP contribution in [0.15, 0.2) is 30.9 Å². The number of nitrogens with one attached hydrogen (secondary N) is 1. The van der Waals surface area contributed by atoms with E-state index < -0.39 is 0 Å². The largest absolute Gasteiger partial charge is 0.337 e. The molecule has 0 bridgehead atoms. The lowest BCUT2D eigenvalue weighted by Crippen LogP contribution is -2.21. The Bertz CT molecular complexity index is 558. The van der Waals surface area contributed by atoms with E-state index in [2.05, 4.69) is 54.7 Å². The van der Waals surface area contributed by atoms with E-state index in [0.29, 0.717) is 6.04 Å². The van der Waals surface area contributed by atoms with E-state index in [1.807, 2.05) is 18.7 Å². The smallest absolute Gasteiger partial charge is 0.0945 e. The number of aromatic nitrogens is 2. The van der Waals surface area contributed by atoms with Crippen LogP contribution in [0.3, 0.4) is 0 Å². The van der Waals surface area contributed by atoms with E-state index in [9.17, 15) is 0 Å². The molecule has 21 heavy (non-hydrogen) atoms. The molecule has 1 atom stereocenters. The maximum Gasteiger partial charge on any atom is 0.0945 e. The lowest BCUT2D eigenvalue weighted by atomic mass is 9.96. The molecule has 3 nitrogen and oxygen atoms in total. The van der Waals surface area contributed by atoms with Gasteiger partial charge in [0.2, 0.25) is 0 Å². The number of nitrogens with zero attached hydrogens (tertiary/aromatic N) is 2. The van der Waals surface area contributed by atoms with Crippen LogP contribution in [0.25, 0.3) is 0 Å². The summed E-state index contributed by atoms with van der Waals surface area (Å²) in [7, 11) is 0. The van der Waals surface area contributed by atoms with Crippen molar-refractivity contribution >= 4 is 0 Å². The van der Waals surface area contributed by atoms with Crippen molar-refractivity contribution in [3.63, 3.8) is 0 Å². The fourth-order valence-electron chi connectivity index (χ4n) is 2.72. The van der Waals surface area contributed by atoms with Gasteiger partial charge < -0.3 is 9.88 Å². The van der Waals surface area contributed by atoms with E-state index >= 15 is 0 Å². The highest BCUT2D eigenvalue weighted by Crippen LogP contribution is 2.21. The average Bonchev–Trinajstić information content (AvgIpc) is 2.95. The molecule has 2 rings (SSSR count). The van der Waals surface area contributed by atoms with Crippen molar-refractivity contribution in [2.45, 2.75) is 53.1 Å². The quantitative estimate of drug-likeness (QED) is 0.781. The van der Waals surface area contributed by atoms with Crippen LogP contribution in [0.1, 0.15) is 48.1 Å². The second kappa shape index (κ2) is 7.41. The molecule has 3 heteroatoms. The number of aryl methyl sites for hydroxylation is 4. The Morgan fingerprint density at radius 1 is 1.10 bits per heavy atom. The maximum absolute atomic E-state index is 4.06. The summed E-state index contributed by atoms with van der Waals surface area (Å²) in [5, 5.41) is 3.64. The molecule has 1 heterocycles. The van der Waals surface area contributed by atoms with Crippen LogP contribution in [-0.2, 0) is 6.54 Å². The van der Waals surface area contributed by atoms with E-state index in [1.54, 1.807) is 0 Å². The second-order valence-electron chi connectivity index (χ2n) is 5.98. The molecule has 0 spiro atoms. The number of hydrogen-bond acceptors (Lipinski definition) is 2. The minimum absolute atomic E-state index is 0.414. The van der Waals surface area contributed by atoms with E-state index in [-0.39, 0.29) is 0 Å². The Labute approximate surface area is 128 Å². The molecule has 0 radical (unpaired) electrons. The highest BCUT2D eigenvalue weighted by molar-refractivity contribution is 5.37. The van der Waals surface area contributed by atoms with Crippen LogP contribution in [0.4, 0.5) is 0 Å². The van der Waals surface area contributed by atoms with Crippen molar-refractivity contribution in [2.24, 2.45) is 0 Å². The molecule has 0 aliphatic rings.